The number of benzene rings is 1. The van der Waals surface area contributed by atoms with E-state index in [1.807, 2.05) is 19.9 Å². The Kier molecular flexibility index (Phi) is 5.11. The first kappa shape index (κ1) is 16.1. The number of nitrogen functional groups attached to an aromatic ring is 1. The molecule has 1 aliphatic rings. The van der Waals surface area contributed by atoms with Gasteiger partial charge in [-0.1, -0.05) is 13.8 Å². The normalized spacial score (nSPS) is 16.4. The van der Waals surface area contributed by atoms with E-state index in [0.29, 0.717) is 23.7 Å². The van der Waals surface area contributed by atoms with E-state index in [4.69, 9.17) is 5.73 Å². The van der Waals surface area contributed by atoms with Crippen molar-refractivity contribution >= 4 is 21.4 Å². The van der Waals surface area contributed by atoms with Crippen LogP contribution in [0.2, 0.25) is 0 Å². The second-order valence-electron chi connectivity index (χ2n) is 5.36. The number of rotatable bonds is 5. The van der Waals surface area contributed by atoms with Crippen molar-refractivity contribution in [1.82, 2.24) is 4.31 Å². The maximum Gasteiger partial charge on any atom is 0.245 e. The van der Waals surface area contributed by atoms with Gasteiger partial charge in [-0.15, -0.1) is 0 Å². The van der Waals surface area contributed by atoms with Gasteiger partial charge in [-0.2, -0.15) is 4.31 Å². The molecule has 0 bridgehead atoms. The van der Waals surface area contributed by atoms with E-state index in [2.05, 4.69) is 4.90 Å². The molecule has 0 atom stereocenters. The molecular weight excluding hydrogens is 286 g/mol. The van der Waals surface area contributed by atoms with E-state index in [1.165, 1.54) is 10.7 Å². The standard InChI is InChI=1S/C15H25N3O2S/c1-3-18(4-2)21(19,20)15-12-13(16)8-9-14(15)17-10-6-5-7-11-17/h8-9,12H,3-7,10-11,16H2,1-2H3. The molecule has 1 fully saturated rings. The van der Waals surface area contributed by atoms with Gasteiger partial charge >= 0.3 is 0 Å². The van der Waals surface area contributed by atoms with Crippen LogP contribution < -0.4 is 10.6 Å². The molecule has 1 aromatic carbocycles. The summed E-state index contributed by atoms with van der Waals surface area (Å²) >= 11 is 0. The van der Waals surface area contributed by atoms with Crippen LogP contribution >= 0.6 is 0 Å². The lowest BCUT2D eigenvalue weighted by atomic mass is 10.1. The Bertz CT molecular complexity index is 577. The zero-order valence-corrected chi connectivity index (χ0v) is 13.7. The van der Waals surface area contributed by atoms with E-state index in [0.717, 1.165) is 31.6 Å². The summed E-state index contributed by atoms with van der Waals surface area (Å²) in [5, 5.41) is 0. The first-order chi connectivity index (χ1) is 10.0. The van der Waals surface area contributed by atoms with Crippen molar-refractivity contribution in [2.24, 2.45) is 0 Å². The lowest BCUT2D eigenvalue weighted by molar-refractivity contribution is 0.445. The Morgan fingerprint density at radius 2 is 1.76 bits per heavy atom. The summed E-state index contributed by atoms with van der Waals surface area (Å²) in [5.41, 5.74) is 7.11. The molecule has 0 aromatic heterocycles. The molecule has 2 N–H and O–H groups in total. The van der Waals surface area contributed by atoms with Crippen LogP contribution in [0.25, 0.3) is 0 Å². The first-order valence-electron chi connectivity index (χ1n) is 7.65. The quantitative estimate of drug-likeness (QED) is 0.847. The minimum atomic E-state index is -3.49. The van der Waals surface area contributed by atoms with E-state index >= 15 is 0 Å². The van der Waals surface area contributed by atoms with Crippen molar-refractivity contribution in [3.63, 3.8) is 0 Å². The monoisotopic (exact) mass is 311 g/mol. The number of nitrogens with zero attached hydrogens (tertiary/aromatic N) is 2. The Morgan fingerprint density at radius 3 is 2.33 bits per heavy atom. The van der Waals surface area contributed by atoms with Crippen LogP contribution in [0.15, 0.2) is 23.1 Å². The zero-order valence-electron chi connectivity index (χ0n) is 12.9. The van der Waals surface area contributed by atoms with Crippen molar-refractivity contribution in [3.05, 3.63) is 18.2 Å². The number of anilines is 2. The van der Waals surface area contributed by atoms with Gasteiger partial charge in [0.25, 0.3) is 0 Å². The van der Waals surface area contributed by atoms with E-state index < -0.39 is 10.0 Å². The highest BCUT2D eigenvalue weighted by molar-refractivity contribution is 7.89. The van der Waals surface area contributed by atoms with Gasteiger partial charge in [-0.05, 0) is 37.5 Å². The highest BCUT2D eigenvalue weighted by Crippen LogP contribution is 2.31. The molecule has 1 aliphatic heterocycles. The number of piperidine rings is 1. The lowest BCUT2D eigenvalue weighted by Crippen LogP contribution is -2.34. The van der Waals surface area contributed by atoms with Crippen molar-refractivity contribution in [3.8, 4) is 0 Å². The van der Waals surface area contributed by atoms with Crippen molar-refractivity contribution in [2.75, 3.05) is 36.8 Å². The molecule has 21 heavy (non-hydrogen) atoms. The Morgan fingerprint density at radius 1 is 1.14 bits per heavy atom. The smallest absolute Gasteiger partial charge is 0.245 e. The number of nitrogens with two attached hydrogens (primary N) is 1. The van der Waals surface area contributed by atoms with Crippen LogP contribution in [-0.4, -0.2) is 38.9 Å². The van der Waals surface area contributed by atoms with Crippen molar-refractivity contribution < 1.29 is 8.42 Å². The van der Waals surface area contributed by atoms with Gasteiger partial charge in [0.05, 0.1) is 5.69 Å². The maximum absolute atomic E-state index is 12.9. The van der Waals surface area contributed by atoms with Gasteiger partial charge in [0.1, 0.15) is 4.90 Å². The summed E-state index contributed by atoms with van der Waals surface area (Å²) in [6.07, 6.45) is 3.42. The molecule has 0 aliphatic carbocycles. The second-order valence-corrected chi connectivity index (χ2v) is 7.27. The molecule has 0 amide bonds. The first-order valence-corrected chi connectivity index (χ1v) is 9.09. The Balaban J connectivity index is 2.48. The molecule has 2 rings (SSSR count). The highest BCUT2D eigenvalue weighted by Gasteiger charge is 2.27. The minimum Gasteiger partial charge on any atom is -0.399 e. The summed E-state index contributed by atoms with van der Waals surface area (Å²) < 4.78 is 27.2. The third kappa shape index (κ3) is 3.32. The molecule has 0 saturated carbocycles. The Labute approximate surface area is 127 Å². The van der Waals surface area contributed by atoms with Gasteiger partial charge in [-0.25, -0.2) is 8.42 Å². The van der Waals surface area contributed by atoms with E-state index in [1.54, 1.807) is 12.1 Å². The molecule has 1 heterocycles. The third-order valence-electron chi connectivity index (χ3n) is 4.00. The molecule has 118 valence electrons. The van der Waals surface area contributed by atoms with Crippen LogP contribution in [0, 0.1) is 0 Å². The van der Waals surface area contributed by atoms with Crippen molar-refractivity contribution in [2.45, 2.75) is 38.0 Å². The van der Waals surface area contributed by atoms with E-state index in [9.17, 15) is 8.42 Å². The highest BCUT2D eigenvalue weighted by atomic mass is 32.2. The number of hydrogen-bond donors (Lipinski definition) is 1. The predicted molar refractivity (Wildman–Crippen MR) is 87.0 cm³/mol. The summed E-state index contributed by atoms with van der Waals surface area (Å²) in [5.74, 6) is 0. The molecule has 0 unspecified atom stereocenters. The average molecular weight is 311 g/mol. The summed E-state index contributed by atoms with van der Waals surface area (Å²) in [6, 6.07) is 5.22. The van der Waals surface area contributed by atoms with Crippen LogP contribution in [0.5, 0.6) is 0 Å². The minimum absolute atomic E-state index is 0.341. The molecular formula is C15H25N3O2S. The molecule has 1 aromatic rings. The fourth-order valence-corrected chi connectivity index (χ4v) is 4.54. The average Bonchev–Trinajstić information content (AvgIpc) is 2.49. The Hall–Kier alpha value is -1.27. The fourth-order valence-electron chi connectivity index (χ4n) is 2.84. The molecule has 5 nitrogen and oxygen atoms in total. The van der Waals surface area contributed by atoms with Crippen LogP contribution in [0.3, 0.4) is 0 Å². The number of sulfonamides is 1. The van der Waals surface area contributed by atoms with Crippen molar-refractivity contribution in [1.29, 1.82) is 0 Å². The van der Waals surface area contributed by atoms with Gasteiger partial charge in [-0.3, -0.25) is 0 Å². The van der Waals surface area contributed by atoms with Crippen LogP contribution in [0.4, 0.5) is 11.4 Å². The van der Waals surface area contributed by atoms with Gasteiger partial charge in [0.15, 0.2) is 0 Å². The molecule has 6 heteroatoms. The second kappa shape index (κ2) is 6.66. The maximum atomic E-state index is 12.9. The summed E-state index contributed by atoms with van der Waals surface area (Å²) in [7, 11) is -3.49. The SMILES string of the molecule is CCN(CC)S(=O)(=O)c1cc(N)ccc1N1CCCCC1. The van der Waals surface area contributed by atoms with Crippen LogP contribution in [-0.2, 0) is 10.0 Å². The molecule has 0 spiro atoms. The summed E-state index contributed by atoms with van der Waals surface area (Å²) in [6.45, 7) is 6.46. The van der Waals surface area contributed by atoms with Gasteiger partial charge in [0.2, 0.25) is 10.0 Å². The molecule has 0 radical (unpaired) electrons. The topological polar surface area (TPSA) is 66.6 Å². The van der Waals surface area contributed by atoms with Gasteiger partial charge in [0, 0.05) is 31.9 Å². The van der Waals surface area contributed by atoms with E-state index in [-0.39, 0.29) is 0 Å². The third-order valence-corrected chi connectivity index (χ3v) is 6.08. The lowest BCUT2D eigenvalue weighted by Gasteiger charge is -2.31. The van der Waals surface area contributed by atoms with Gasteiger partial charge < -0.3 is 10.6 Å². The number of hydrogen-bond acceptors (Lipinski definition) is 4. The fraction of sp³-hybridized carbons (Fsp3) is 0.600. The summed E-state index contributed by atoms with van der Waals surface area (Å²) in [4.78, 5) is 2.51. The van der Waals surface area contributed by atoms with Crippen LogP contribution in [0.1, 0.15) is 33.1 Å². The largest absolute Gasteiger partial charge is 0.399 e. The zero-order chi connectivity index (χ0) is 15.5. The molecule has 1 saturated heterocycles. The predicted octanol–water partition coefficient (Wildman–Crippen LogP) is 2.29.